The summed E-state index contributed by atoms with van der Waals surface area (Å²) in [5.74, 6) is 1.61. The molecule has 0 spiro atoms. The first-order chi connectivity index (χ1) is 8.82. The Balaban J connectivity index is 4.16. The summed E-state index contributed by atoms with van der Waals surface area (Å²) in [7, 11) is 0. The van der Waals surface area contributed by atoms with E-state index in [-0.39, 0.29) is 0 Å². The minimum atomic E-state index is 0.300. The topological polar surface area (TPSA) is 32.3 Å². The van der Waals surface area contributed by atoms with E-state index in [1.54, 1.807) is 0 Å². The van der Waals surface area contributed by atoms with E-state index in [1.165, 1.54) is 0 Å². The van der Waals surface area contributed by atoms with Gasteiger partial charge in [0.1, 0.15) is 0 Å². The van der Waals surface area contributed by atoms with Crippen LogP contribution in [0.15, 0.2) is 0 Å². The van der Waals surface area contributed by atoms with Crippen molar-refractivity contribution in [2.45, 2.75) is 66.8 Å². The molecule has 0 aromatic heterocycles. The average molecular weight is 270 g/mol. The van der Waals surface area contributed by atoms with E-state index in [2.05, 4.69) is 51.8 Å². The summed E-state index contributed by atoms with van der Waals surface area (Å²) in [6, 6.07) is 0.451. The molecule has 0 rings (SSSR count). The number of rotatable bonds is 10. The van der Waals surface area contributed by atoms with Crippen LogP contribution in [0.25, 0.3) is 0 Å². The molecule has 19 heavy (non-hydrogen) atoms. The van der Waals surface area contributed by atoms with Gasteiger partial charge in [0.05, 0.1) is 0 Å². The van der Waals surface area contributed by atoms with Gasteiger partial charge in [0.15, 0.2) is 0 Å². The van der Waals surface area contributed by atoms with Crippen LogP contribution in [0.5, 0.6) is 0 Å². The molecule has 0 saturated carbocycles. The van der Waals surface area contributed by atoms with Crippen molar-refractivity contribution < 1.29 is 4.79 Å². The molecule has 0 aromatic rings. The molecule has 0 heterocycles. The Hall–Kier alpha value is -0.570. The van der Waals surface area contributed by atoms with Crippen molar-refractivity contribution in [1.29, 1.82) is 0 Å². The quantitative estimate of drug-likeness (QED) is 0.660. The zero-order valence-electron chi connectivity index (χ0n) is 13.8. The van der Waals surface area contributed by atoms with Crippen molar-refractivity contribution in [1.82, 2.24) is 10.2 Å². The summed E-state index contributed by atoms with van der Waals surface area (Å²) in [4.78, 5) is 14.3. The zero-order valence-corrected chi connectivity index (χ0v) is 13.8. The molecule has 0 radical (unpaired) electrons. The van der Waals surface area contributed by atoms with Crippen molar-refractivity contribution in [2.24, 2.45) is 11.8 Å². The predicted octanol–water partition coefficient (Wildman–Crippen LogP) is 3.30. The molecule has 1 N–H and O–H groups in total. The van der Waals surface area contributed by atoms with Crippen molar-refractivity contribution in [2.75, 3.05) is 19.6 Å². The summed E-state index contributed by atoms with van der Waals surface area (Å²) < 4.78 is 0. The van der Waals surface area contributed by atoms with Crippen molar-refractivity contribution >= 4 is 5.91 Å². The second kappa shape index (κ2) is 10.2. The van der Waals surface area contributed by atoms with Gasteiger partial charge in [0.25, 0.3) is 0 Å². The first-order valence-electron chi connectivity index (χ1n) is 7.84. The average Bonchev–Trinajstić information content (AvgIpc) is 2.27. The van der Waals surface area contributed by atoms with Crippen LogP contribution in [-0.2, 0) is 4.79 Å². The van der Waals surface area contributed by atoms with Gasteiger partial charge in [-0.3, -0.25) is 4.79 Å². The number of carbonyl (C=O) groups excluding carboxylic acids is 1. The van der Waals surface area contributed by atoms with Crippen LogP contribution in [-0.4, -0.2) is 36.5 Å². The van der Waals surface area contributed by atoms with Gasteiger partial charge >= 0.3 is 0 Å². The first-order valence-corrected chi connectivity index (χ1v) is 7.84. The Morgan fingerprint density at radius 2 is 1.42 bits per heavy atom. The summed E-state index contributed by atoms with van der Waals surface area (Å²) in [5, 5.41) is 3.31. The number of carbonyl (C=O) groups is 1. The van der Waals surface area contributed by atoms with Gasteiger partial charge in [-0.25, -0.2) is 0 Å². The lowest BCUT2D eigenvalue weighted by Gasteiger charge is -2.25. The third-order valence-electron chi connectivity index (χ3n) is 3.20. The lowest BCUT2D eigenvalue weighted by atomic mass is 10.1. The first kappa shape index (κ1) is 18.4. The molecule has 3 heteroatoms. The van der Waals surface area contributed by atoms with Gasteiger partial charge in [-0.15, -0.1) is 0 Å². The number of amides is 1. The third kappa shape index (κ3) is 11.0. The van der Waals surface area contributed by atoms with Crippen LogP contribution < -0.4 is 5.32 Å². The highest BCUT2D eigenvalue weighted by atomic mass is 16.2. The van der Waals surface area contributed by atoms with Gasteiger partial charge in [0.2, 0.25) is 5.91 Å². The monoisotopic (exact) mass is 270 g/mol. The highest BCUT2D eigenvalue weighted by molar-refractivity contribution is 5.76. The standard InChI is InChI=1S/C16H34N2O/c1-13(2)8-11-18(12-9-14(3)4)16(19)7-10-17-15(5)6/h13-15,17H,7-12H2,1-6H3. The van der Waals surface area contributed by atoms with Crippen LogP contribution in [0.2, 0.25) is 0 Å². The second-order valence-corrected chi connectivity index (χ2v) is 6.60. The predicted molar refractivity (Wildman–Crippen MR) is 83.2 cm³/mol. The third-order valence-corrected chi connectivity index (χ3v) is 3.20. The minimum absolute atomic E-state index is 0.300. The van der Waals surface area contributed by atoms with E-state index >= 15 is 0 Å². The zero-order chi connectivity index (χ0) is 14.8. The molecule has 0 aliphatic carbocycles. The molecular formula is C16H34N2O. The van der Waals surface area contributed by atoms with E-state index in [0.717, 1.165) is 32.5 Å². The summed E-state index contributed by atoms with van der Waals surface area (Å²) in [6.07, 6.45) is 2.82. The molecule has 0 aliphatic heterocycles. The van der Waals surface area contributed by atoms with Gasteiger partial charge in [0, 0.05) is 32.1 Å². The van der Waals surface area contributed by atoms with Crippen LogP contribution >= 0.6 is 0 Å². The molecule has 114 valence electrons. The Morgan fingerprint density at radius 3 is 1.79 bits per heavy atom. The molecule has 0 unspecified atom stereocenters. The molecule has 0 bridgehead atoms. The maximum atomic E-state index is 12.2. The maximum Gasteiger partial charge on any atom is 0.223 e. The Kier molecular flexibility index (Phi) is 9.94. The number of hydrogen-bond donors (Lipinski definition) is 1. The van der Waals surface area contributed by atoms with E-state index in [0.29, 0.717) is 30.2 Å². The van der Waals surface area contributed by atoms with Gasteiger partial charge in [-0.1, -0.05) is 41.5 Å². The largest absolute Gasteiger partial charge is 0.343 e. The summed E-state index contributed by atoms with van der Waals surface area (Å²) in [6.45, 7) is 15.7. The van der Waals surface area contributed by atoms with Crippen LogP contribution in [0.1, 0.15) is 60.8 Å². The van der Waals surface area contributed by atoms with Crippen molar-refractivity contribution in [3.8, 4) is 0 Å². The van der Waals surface area contributed by atoms with E-state index in [1.807, 2.05) is 0 Å². The Labute approximate surface area is 120 Å². The molecule has 1 amide bonds. The molecule has 0 aromatic carbocycles. The normalized spacial score (nSPS) is 11.6. The van der Waals surface area contributed by atoms with Crippen LogP contribution in [0, 0.1) is 11.8 Å². The van der Waals surface area contributed by atoms with Gasteiger partial charge < -0.3 is 10.2 Å². The second-order valence-electron chi connectivity index (χ2n) is 6.60. The molecular weight excluding hydrogens is 236 g/mol. The molecule has 0 fully saturated rings. The highest BCUT2D eigenvalue weighted by Gasteiger charge is 2.14. The van der Waals surface area contributed by atoms with Crippen LogP contribution in [0.3, 0.4) is 0 Å². The lowest BCUT2D eigenvalue weighted by Crippen LogP contribution is -2.36. The lowest BCUT2D eigenvalue weighted by molar-refractivity contribution is -0.131. The molecule has 0 saturated heterocycles. The van der Waals surface area contributed by atoms with E-state index < -0.39 is 0 Å². The smallest absolute Gasteiger partial charge is 0.223 e. The Bertz CT molecular complexity index is 225. The summed E-state index contributed by atoms with van der Waals surface area (Å²) >= 11 is 0. The van der Waals surface area contributed by atoms with Crippen LogP contribution in [0.4, 0.5) is 0 Å². The molecule has 0 atom stereocenters. The van der Waals surface area contributed by atoms with E-state index in [4.69, 9.17) is 0 Å². The van der Waals surface area contributed by atoms with Gasteiger partial charge in [-0.2, -0.15) is 0 Å². The Morgan fingerprint density at radius 1 is 0.947 bits per heavy atom. The molecule has 0 aliphatic rings. The number of nitrogens with zero attached hydrogens (tertiary/aromatic N) is 1. The van der Waals surface area contributed by atoms with E-state index in [9.17, 15) is 4.79 Å². The maximum absolute atomic E-state index is 12.2. The fourth-order valence-corrected chi connectivity index (χ4v) is 1.82. The summed E-state index contributed by atoms with van der Waals surface area (Å²) in [5.41, 5.74) is 0. The minimum Gasteiger partial charge on any atom is -0.343 e. The fraction of sp³-hybridized carbons (Fsp3) is 0.938. The van der Waals surface area contributed by atoms with Crippen molar-refractivity contribution in [3.05, 3.63) is 0 Å². The number of nitrogens with one attached hydrogen (secondary N) is 1. The molecule has 3 nitrogen and oxygen atoms in total. The SMILES string of the molecule is CC(C)CCN(CCC(C)C)C(=O)CCNC(C)C. The number of hydrogen-bond acceptors (Lipinski definition) is 2. The fourth-order valence-electron chi connectivity index (χ4n) is 1.82. The van der Waals surface area contributed by atoms with Crippen molar-refractivity contribution in [3.63, 3.8) is 0 Å². The highest BCUT2D eigenvalue weighted by Crippen LogP contribution is 2.08. The van der Waals surface area contributed by atoms with Gasteiger partial charge in [-0.05, 0) is 24.7 Å².